The van der Waals surface area contributed by atoms with Crippen LogP contribution < -0.4 is 5.32 Å². The fourth-order valence-electron chi connectivity index (χ4n) is 5.06. The third kappa shape index (κ3) is 3.06. The van der Waals surface area contributed by atoms with Gasteiger partial charge in [-0.15, -0.1) is 0 Å². The van der Waals surface area contributed by atoms with Gasteiger partial charge in [-0.2, -0.15) is 0 Å². The van der Waals surface area contributed by atoms with Crippen molar-refractivity contribution >= 4 is 22.8 Å². The van der Waals surface area contributed by atoms with Gasteiger partial charge in [-0.3, -0.25) is 4.79 Å². The third-order valence-electron chi connectivity index (χ3n) is 6.51. The van der Waals surface area contributed by atoms with E-state index in [1.54, 1.807) is 19.3 Å². The van der Waals surface area contributed by atoms with E-state index in [9.17, 15) is 9.90 Å². The van der Waals surface area contributed by atoms with Crippen LogP contribution in [0.3, 0.4) is 0 Å². The zero-order chi connectivity index (χ0) is 20.0. The summed E-state index contributed by atoms with van der Waals surface area (Å²) in [5, 5.41) is 13.9. The molecule has 1 aliphatic carbocycles. The zero-order valence-electron chi connectivity index (χ0n) is 16.4. The molecule has 1 saturated heterocycles. The fourth-order valence-corrected chi connectivity index (χ4v) is 5.06. The van der Waals surface area contributed by atoms with Crippen LogP contribution >= 0.6 is 0 Å². The molecule has 3 heterocycles. The minimum atomic E-state index is -0.435. The van der Waals surface area contributed by atoms with Crippen LogP contribution in [0.15, 0.2) is 48.9 Å². The van der Waals surface area contributed by atoms with Gasteiger partial charge in [0, 0.05) is 26.3 Å². The van der Waals surface area contributed by atoms with Crippen LogP contribution in [0.25, 0.3) is 11.0 Å². The lowest BCUT2D eigenvalue weighted by atomic mass is 9.77. The molecule has 2 N–H and O–H groups in total. The summed E-state index contributed by atoms with van der Waals surface area (Å²) in [5.74, 6) is 1.32. The lowest BCUT2D eigenvalue weighted by Gasteiger charge is -2.36. The topological polar surface area (TPSA) is 83.3 Å². The summed E-state index contributed by atoms with van der Waals surface area (Å²) in [4.78, 5) is 23.8. The average molecular weight is 391 g/mol. The number of likely N-dealkylation sites (tertiary alicyclic amines) is 1. The minimum Gasteiger partial charge on any atom is -0.391 e. The average Bonchev–Trinajstić information content (AvgIpc) is 3.36. The van der Waals surface area contributed by atoms with Gasteiger partial charge in [0.25, 0.3) is 5.91 Å². The van der Waals surface area contributed by atoms with E-state index in [4.69, 9.17) is 0 Å². The summed E-state index contributed by atoms with van der Waals surface area (Å²) < 4.78 is 2.11. The number of aliphatic hydroxyl groups is 1. The number of carbonyl (C=O) groups excluding carboxylic acids is 1. The number of para-hydroxylation sites is 2. The van der Waals surface area contributed by atoms with Gasteiger partial charge in [-0.05, 0) is 48.9 Å². The molecule has 150 valence electrons. The Morgan fingerprint density at radius 3 is 2.72 bits per heavy atom. The van der Waals surface area contributed by atoms with E-state index in [0.29, 0.717) is 36.2 Å². The van der Waals surface area contributed by atoms with Gasteiger partial charge in [-0.1, -0.05) is 12.1 Å². The summed E-state index contributed by atoms with van der Waals surface area (Å²) in [5.41, 5.74) is 2.60. The molecule has 1 saturated carbocycles. The van der Waals surface area contributed by atoms with Gasteiger partial charge in [0.15, 0.2) is 0 Å². The molecule has 2 aliphatic rings. The number of aliphatic hydroxyl groups excluding tert-OH is 1. The van der Waals surface area contributed by atoms with Crippen LogP contribution in [-0.2, 0) is 0 Å². The SMILES string of the molecule is CNc1ncccc1C(=O)N1C[C@H]2C[C@@H](n3cnc4ccccc43)[C@H](O)C[C@H]2C1. The molecular formula is C22H25N5O2. The molecule has 3 aromatic rings. The maximum atomic E-state index is 13.1. The Bertz CT molecular complexity index is 1050. The smallest absolute Gasteiger partial charge is 0.257 e. The van der Waals surface area contributed by atoms with Crippen molar-refractivity contribution in [3.63, 3.8) is 0 Å². The molecule has 1 amide bonds. The van der Waals surface area contributed by atoms with Crippen molar-refractivity contribution in [1.29, 1.82) is 0 Å². The highest BCUT2D eigenvalue weighted by Crippen LogP contribution is 2.42. The van der Waals surface area contributed by atoms with Crippen molar-refractivity contribution in [3.05, 3.63) is 54.5 Å². The first-order valence-corrected chi connectivity index (χ1v) is 10.2. The summed E-state index contributed by atoms with van der Waals surface area (Å²) in [7, 11) is 1.78. The molecule has 29 heavy (non-hydrogen) atoms. The van der Waals surface area contributed by atoms with Crippen LogP contribution in [-0.4, -0.2) is 56.7 Å². The number of nitrogens with zero attached hydrogens (tertiary/aromatic N) is 4. The van der Waals surface area contributed by atoms with Gasteiger partial charge >= 0.3 is 0 Å². The molecule has 0 bridgehead atoms. The second-order valence-corrected chi connectivity index (χ2v) is 8.13. The highest BCUT2D eigenvalue weighted by atomic mass is 16.3. The van der Waals surface area contributed by atoms with E-state index in [1.807, 2.05) is 41.6 Å². The van der Waals surface area contributed by atoms with Crippen LogP contribution in [0.1, 0.15) is 29.2 Å². The summed E-state index contributed by atoms with van der Waals surface area (Å²) in [6, 6.07) is 11.6. The Morgan fingerprint density at radius 1 is 1.10 bits per heavy atom. The lowest BCUT2D eigenvalue weighted by molar-refractivity contribution is 0.0374. The minimum absolute atomic E-state index is 0.00929. The van der Waals surface area contributed by atoms with Crippen molar-refractivity contribution < 1.29 is 9.90 Å². The fraction of sp³-hybridized carbons (Fsp3) is 0.409. The third-order valence-corrected chi connectivity index (χ3v) is 6.51. The molecule has 0 spiro atoms. The van der Waals surface area contributed by atoms with E-state index in [2.05, 4.69) is 19.9 Å². The number of carbonyl (C=O) groups is 1. The number of rotatable bonds is 3. The number of amides is 1. The number of nitrogens with one attached hydrogen (secondary N) is 1. The number of hydrogen-bond donors (Lipinski definition) is 2. The second-order valence-electron chi connectivity index (χ2n) is 8.13. The Labute approximate surface area is 169 Å². The molecule has 2 fully saturated rings. The Kier molecular flexibility index (Phi) is 4.47. The first kappa shape index (κ1) is 18.1. The molecule has 2 aromatic heterocycles. The van der Waals surface area contributed by atoms with Crippen LogP contribution in [0, 0.1) is 11.8 Å². The normalized spacial score (nSPS) is 26.5. The molecular weight excluding hydrogens is 366 g/mol. The largest absolute Gasteiger partial charge is 0.391 e. The summed E-state index contributed by atoms with van der Waals surface area (Å²) >= 11 is 0. The number of anilines is 1. The first-order valence-electron chi connectivity index (χ1n) is 10.2. The predicted molar refractivity (Wildman–Crippen MR) is 111 cm³/mol. The van der Waals surface area contributed by atoms with Crippen LogP contribution in [0.4, 0.5) is 5.82 Å². The van der Waals surface area contributed by atoms with E-state index in [0.717, 1.165) is 24.0 Å². The highest BCUT2D eigenvalue weighted by Gasteiger charge is 2.44. The molecule has 0 unspecified atom stereocenters. The zero-order valence-corrected chi connectivity index (χ0v) is 16.4. The van der Waals surface area contributed by atoms with Crippen molar-refractivity contribution in [2.75, 3.05) is 25.5 Å². The predicted octanol–water partition coefficient (Wildman–Crippen LogP) is 2.56. The maximum absolute atomic E-state index is 13.1. The molecule has 5 rings (SSSR count). The number of fused-ring (bicyclic) bond motifs is 2. The molecule has 1 aliphatic heterocycles. The maximum Gasteiger partial charge on any atom is 0.257 e. The van der Waals surface area contributed by atoms with E-state index >= 15 is 0 Å². The van der Waals surface area contributed by atoms with Gasteiger partial charge in [0.1, 0.15) is 5.82 Å². The van der Waals surface area contributed by atoms with Gasteiger partial charge in [0.05, 0.1) is 35.1 Å². The highest BCUT2D eigenvalue weighted by molar-refractivity contribution is 5.98. The van der Waals surface area contributed by atoms with Gasteiger partial charge < -0.3 is 19.9 Å². The summed E-state index contributed by atoms with van der Waals surface area (Å²) in [6.07, 6.45) is 4.64. The van der Waals surface area contributed by atoms with Crippen LogP contribution in [0.5, 0.6) is 0 Å². The number of pyridine rings is 1. The number of benzene rings is 1. The van der Waals surface area contributed by atoms with Gasteiger partial charge in [0.2, 0.25) is 0 Å². The quantitative estimate of drug-likeness (QED) is 0.717. The van der Waals surface area contributed by atoms with Crippen molar-refractivity contribution in [1.82, 2.24) is 19.4 Å². The molecule has 7 nitrogen and oxygen atoms in total. The van der Waals surface area contributed by atoms with Crippen LogP contribution in [0.2, 0.25) is 0 Å². The Balaban J connectivity index is 1.37. The van der Waals surface area contributed by atoms with Crippen molar-refractivity contribution in [2.24, 2.45) is 11.8 Å². The van der Waals surface area contributed by atoms with E-state index in [-0.39, 0.29) is 11.9 Å². The molecule has 1 aromatic carbocycles. The number of hydrogen-bond acceptors (Lipinski definition) is 5. The summed E-state index contributed by atoms with van der Waals surface area (Å²) in [6.45, 7) is 1.41. The van der Waals surface area contributed by atoms with E-state index < -0.39 is 6.10 Å². The number of aromatic nitrogens is 3. The Morgan fingerprint density at radius 2 is 1.90 bits per heavy atom. The molecule has 4 atom stereocenters. The Hall–Kier alpha value is -2.93. The standard InChI is InChI=1S/C22H25N5O2/c1-23-21-16(5-4-8-24-21)22(29)26-11-14-9-19(20(28)10-15(14)12-26)27-13-25-17-6-2-3-7-18(17)27/h2-8,13-15,19-20,28H,9-12H2,1H3,(H,23,24)/t14-,15+,19-,20-/m1/s1. The molecule has 7 heteroatoms. The molecule has 0 radical (unpaired) electrons. The van der Waals surface area contributed by atoms with E-state index in [1.165, 1.54) is 0 Å². The monoisotopic (exact) mass is 391 g/mol. The van der Waals surface area contributed by atoms with Crippen molar-refractivity contribution in [3.8, 4) is 0 Å². The van der Waals surface area contributed by atoms with Crippen molar-refractivity contribution in [2.45, 2.75) is 25.0 Å². The number of imidazole rings is 1. The first-order chi connectivity index (χ1) is 14.2. The van der Waals surface area contributed by atoms with Gasteiger partial charge in [-0.25, -0.2) is 9.97 Å². The second kappa shape index (κ2) is 7.15. The lowest BCUT2D eigenvalue weighted by Crippen LogP contribution is -2.36.